The molecule has 47 heavy (non-hydrogen) atoms. The van der Waals surface area contributed by atoms with E-state index in [2.05, 4.69) is 193 Å². The third-order valence-corrected chi connectivity index (χ3v) is 10.0. The highest BCUT2D eigenvalue weighted by molar-refractivity contribution is 6.09. The Morgan fingerprint density at radius 1 is 0.447 bits per heavy atom. The van der Waals surface area contributed by atoms with Crippen LogP contribution in [0.1, 0.15) is 25.0 Å². The second-order valence-electron chi connectivity index (χ2n) is 13.0. The van der Waals surface area contributed by atoms with Crippen molar-refractivity contribution in [1.29, 1.82) is 0 Å². The van der Waals surface area contributed by atoms with E-state index in [1.54, 1.807) is 0 Å². The van der Waals surface area contributed by atoms with E-state index in [0.717, 1.165) is 11.4 Å². The Kier molecular flexibility index (Phi) is 6.20. The standard InChI is InChI=1S/C45H34N2/c1-45(2)39-18-9-6-17-38(39)44-40(45)19-12-22-43(44)46(33-13-4-3-5-14-33)34-27-23-31(24-28-34)32-25-29-35(30-26-32)47-41-20-10-7-15-36(41)37-16-8-11-21-42(37)47/h3-30H,1-2H3. The van der Waals surface area contributed by atoms with Crippen molar-refractivity contribution in [2.24, 2.45) is 0 Å². The van der Waals surface area contributed by atoms with E-state index in [-0.39, 0.29) is 5.41 Å². The lowest BCUT2D eigenvalue weighted by atomic mass is 9.82. The number of benzene rings is 7. The number of anilines is 3. The van der Waals surface area contributed by atoms with Crippen molar-refractivity contribution < 1.29 is 0 Å². The summed E-state index contributed by atoms with van der Waals surface area (Å²) in [5, 5.41) is 2.56. The summed E-state index contributed by atoms with van der Waals surface area (Å²) in [6.45, 7) is 4.69. The van der Waals surface area contributed by atoms with Crippen molar-refractivity contribution in [3.8, 4) is 27.9 Å². The fourth-order valence-corrected chi connectivity index (χ4v) is 7.73. The molecule has 224 valence electrons. The summed E-state index contributed by atoms with van der Waals surface area (Å²) in [5.74, 6) is 0. The SMILES string of the molecule is CC1(C)c2ccccc2-c2c(N(c3ccccc3)c3ccc(-c4ccc(-n5c6ccccc6c6ccccc65)cc4)cc3)cccc21. The Bertz CT molecular complexity index is 2360. The summed E-state index contributed by atoms with van der Waals surface area (Å²) in [7, 11) is 0. The quantitative estimate of drug-likeness (QED) is 0.190. The molecule has 0 bridgehead atoms. The highest BCUT2D eigenvalue weighted by Crippen LogP contribution is 2.54. The number of hydrogen-bond donors (Lipinski definition) is 0. The van der Waals surface area contributed by atoms with Gasteiger partial charge >= 0.3 is 0 Å². The van der Waals surface area contributed by atoms with Gasteiger partial charge in [-0.3, -0.25) is 0 Å². The molecule has 0 aliphatic heterocycles. The Morgan fingerprint density at radius 3 is 1.66 bits per heavy atom. The summed E-state index contributed by atoms with van der Waals surface area (Å²) >= 11 is 0. The summed E-state index contributed by atoms with van der Waals surface area (Å²) in [6, 6.07) is 61.7. The molecule has 0 spiro atoms. The van der Waals surface area contributed by atoms with E-state index < -0.39 is 0 Å². The molecule has 8 aromatic rings. The lowest BCUT2D eigenvalue weighted by Gasteiger charge is -2.29. The van der Waals surface area contributed by atoms with Crippen LogP contribution < -0.4 is 4.90 Å². The second kappa shape index (κ2) is 10.6. The Morgan fingerprint density at radius 2 is 0.979 bits per heavy atom. The maximum atomic E-state index is 2.41. The van der Waals surface area contributed by atoms with Crippen LogP contribution in [0.4, 0.5) is 17.1 Å². The van der Waals surface area contributed by atoms with Crippen LogP contribution in [-0.4, -0.2) is 4.57 Å². The van der Waals surface area contributed by atoms with Crippen LogP contribution in [0.15, 0.2) is 170 Å². The molecule has 2 heteroatoms. The lowest BCUT2D eigenvalue weighted by Crippen LogP contribution is -2.16. The van der Waals surface area contributed by atoms with Crippen molar-refractivity contribution in [2.45, 2.75) is 19.3 Å². The predicted molar refractivity (Wildman–Crippen MR) is 198 cm³/mol. The molecule has 0 N–H and O–H groups in total. The first-order valence-corrected chi connectivity index (χ1v) is 16.4. The molecule has 1 aliphatic rings. The highest BCUT2D eigenvalue weighted by Gasteiger charge is 2.37. The molecule has 0 saturated heterocycles. The Balaban J connectivity index is 1.11. The van der Waals surface area contributed by atoms with E-state index in [4.69, 9.17) is 0 Å². The number of aromatic nitrogens is 1. The van der Waals surface area contributed by atoms with Gasteiger partial charge in [0.1, 0.15) is 0 Å². The zero-order chi connectivity index (χ0) is 31.5. The van der Waals surface area contributed by atoms with Crippen LogP contribution in [0.2, 0.25) is 0 Å². The van der Waals surface area contributed by atoms with Gasteiger partial charge in [-0.2, -0.15) is 0 Å². The van der Waals surface area contributed by atoms with Gasteiger partial charge in [-0.15, -0.1) is 0 Å². The molecule has 0 unspecified atom stereocenters. The van der Waals surface area contributed by atoms with Crippen LogP contribution in [0.5, 0.6) is 0 Å². The number of fused-ring (bicyclic) bond motifs is 6. The Hall–Kier alpha value is -5.86. The minimum atomic E-state index is -0.0560. The average molecular weight is 603 g/mol. The van der Waals surface area contributed by atoms with Gasteiger partial charge in [0.2, 0.25) is 0 Å². The van der Waals surface area contributed by atoms with Gasteiger partial charge in [-0.25, -0.2) is 0 Å². The first kappa shape index (κ1) is 27.5. The van der Waals surface area contributed by atoms with Gasteiger partial charge in [-0.05, 0) is 82.4 Å². The summed E-state index contributed by atoms with van der Waals surface area (Å²) in [4.78, 5) is 2.41. The normalized spacial score (nSPS) is 13.1. The second-order valence-corrected chi connectivity index (χ2v) is 13.0. The first-order valence-electron chi connectivity index (χ1n) is 16.4. The molecule has 2 nitrogen and oxygen atoms in total. The minimum Gasteiger partial charge on any atom is -0.310 e. The molecule has 0 radical (unpaired) electrons. The fourth-order valence-electron chi connectivity index (χ4n) is 7.73. The monoisotopic (exact) mass is 602 g/mol. The van der Waals surface area contributed by atoms with E-state index in [0.29, 0.717) is 0 Å². The first-order chi connectivity index (χ1) is 23.1. The van der Waals surface area contributed by atoms with Gasteiger partial charge in [0.15, 0.2) is 0 Å². The van der Waals surface area contributed by atoms with Crippen LogP contribution in [-0.2, 0) is 5.41 Å². The summed E-state index contributed by atoms with van der Waals surface area (Å²) in [5.41, 5.74) is 14.8. The van der Waals surface area contributed by atoms with Crippen molar-refractivity contribution in [3.63, 3.8) is 0 Å². The molecule has 1 aromatic heterocycles. The van der Waals surface area contributed by atoms with Gasteiger partial charge in [-0.1, -0.05) is 129 Å². The highest BCUT2D eigenvalue weighted by atomic mass is 15.1. The van der Waals surface area contributed by atoms with Crippen LogP contribution in [0.25, 0.3) is 49.7 Å². The number of hydrogen-bond acceptors (Lipinski definition) is 1. The zero-order valence-corrected chi connectivity index (χ0v) is 26.6. The molecule has 1 heterocycles. The summed E-state index contributed by atoms with van der Waals surface area (Å²) < 4.78 is 2.37. The predicted octanol–water partition coefficient (Wildman–Crippen LogP) is 12.2. The third kappa shape index (κ3) is 4.26. The maximum absolute atomic E-state index is 2.41. The van der Waals surface area contributed by atoms with Gasteiger partial charge < -0.3 is 9.47 Å². The number of rotatable bonds is 5. The molecule has 0 fully saturated rings. The van der Waals surface area contributed by atoms with Crippen molar-refractivity contribution >= 4 is 38.9 Å². The molecular weight excluding hydrogens is 569 g/mol. The topological polar surface area (TPSA) is 8.17 Å². The molecule has 9 rings (SSSR count). The minimum absolute atomic E-state index is 0.0560. The number of para-hydroxylation sites is 3. The van der Waals surface area contributed by atoms with Crippen LogP contribution in [0.3, 0.4) is 0 Å². The van der Waals surface area contributed by atoms with E-state index in [1.807, 2.05) is 0 Å². The molecule has 0 saturated carbocycles. The van der Waals surface area contributed by atoms with Crippen molar-refractivity contribution in [3.05, 3.63) is 181 Å². The van der Waals surface area contributed by atoms with Gasteiger partial charge in [0.25, 0.3) is 0 Å². The van der Waals surface area contributed by atoms with Crippen LogP contribution in [0, 0.1) is 0 Å². The fraction of sp³-hybridized carbons (Fsp3) is 0.0667. The van der Waals surface area contributed by atoms with Crippen molar-refractivity contribution in [2.75, 3.05) is 4.90 Å². The number of nitrogens with zero attached hydrogens (tertiary/aromatic N) is 2. The van der Waals surface area contributed by atoms with Gasteiger partial charge in [0.05, 0.1) is 16.7 Å². The van der Waals surface area contributed by atoms with Gasteiger partial charge in [0, 0.05) is 38.8 Å². The van der Waals surface area contributed by atoms with Crippen molar-refractivity contribution in [1.82, 2.24) is 4.57 Å². The third-order valence-electron chi connectivity index (χ3n) is 10.0. The molecule has 1 aliphatic carbocycles. The largest absolute Gasteiger partial charge is 0.310 e. The lowest BCUT2D eigenvalue weighted by molar-refractivity contribution is 0.660. The van der Waals surface area contributed by atoms with E-state index in [9.17, 15) is 0 Å². The van der Waals surface area contributed by atoms with E-state index in [1.165, 1.54) is 66.6 Å². The molecular formula is C45H34N2. The smallest absolute Gasteiger partial charge is 0.0543 e. The molecule has 0 atom stereocenters. The molecule has 7 aromatic carbocycles. The summed E-state index contributed by atoms with van der Waals surface area (Å²) in [6.07, 6.45) is 0. The Labute approximate surface area is 275 Å². The van der Waals surface area contributed by atoms with E-state index >= 15 is 0 Å². The maximum Gasteiger partial charge on any atom is 0.0543 e. The average Bonchev–Trinajstić information content (AvgIpc) is 3.59. The zero-order valence-electron chi connectivity index (χ0n) is 26.6. The molecule has 0 amide bonds. The van der Waals surface area contributed by atoms with Crippen LogP contribution >= 0.6 is 0 Å².